The highest BCUT2D eigenvalue weighted by Crippen LogP contribution is 2.23. The van der Waals surface area contributed by atoms with Crippen molar-refractivity contribution < 1.29 is 12.8 Å². The molecule has 0 radical (unpaired) electrons. The van der Waals surface area contributed by atoms with Crippen LogP contribution in [0.1, 0.15) is 5.56 Å². The van der Waals surface area contributed by atoms with Crippen molar-refractivity contribution in [2.75, 3.05) is 4.72 Å². The number of nitrogens with two attached hydrogens (primary N) is 1. The van der Waals surface area contributed by atoms with Gasteiger partial charge in [-0.3, -0.25) is 4.72 Å². The van der Waals surface area contributed by atoms with E-state index in [2.05, 4.69) is 4.72 Å². The summed E-state index contributed by atoms with van der Waals surface area (Å²) in [6.45, 7) is 0.284. The fourth-order valence-corrected chi connectivity index (χ4v) is 3.63. The Balaban J connectivity index is 2.27. The lowest BCUT2D eigenvalue weighted by Crippen LogP contribution is -2.11. The average molecular weight is 286 g/mol. The zero-order chi connectivity index (χ0) is 13.2. The van der Waals surface area contributed by atoms with Gasteiger partial charge < -0.3 is 5.73 Å². The van der Waals surface area contributed by atoms with Gasteiger partial charge in [0.1, 0.15) is 10.0 Å². The molecule has 0 amide bonds. The normalized spacial score (nSPS) is 11.4. The second-order valence-corrected chi connectivity index (χ2v) is 6.41. The minimum absolute atomic E-state index is 0.159. The van der Waals surface area contributed by atoms with E-state index in [1.807, 2.05) is 0 Å². The van der Waals surface area contributed by atoms with Crippen LogP contribution in [0.5, 0.6) is 0 Å². The molecule has 0 aliphatic heterocycles. The molecule has 2 rings (SSSR count). The zero-order valence-corrected chi connectivity index (χ0v) is 10.9. The van der Waals surface area contributed by atoms with Gasteiger partial charge in [-0.05, 0) is 35.2 Å². The number of anilines is 1. The van der Waals surface area contributed by atoms with E-state index in [9.17, 15) is 12.8 Å². The van der Waals surface area contributed by atoms with Crippen molar-refractivity contribution in [3.8, 4) is 0 Å². The molecule has 18 heavy (non-hydrogen) atoms. The average Bonchev–Trinajstić information content (AvgIpc) is 2.77. The van der Waals surface area contributed by atoms with E-state index in [0.29, 0.717) is 0 Å². The number of sulfonamides is 1. The highest BCUT2D eigenvalue weighted by atomic mass is 32.2. The predicted octanol–water partition coefficient (Wildman–Crippen LogP) is 2.15. The summed E-state index contributed by atoms with van der Waals surface area (Å²) in [5, 5.41) is 1.68. The number of rotatable bonds is 4. The third kappa shape index (κ3) is 2.87. The van der Waals surface area contributed by atoms with Crippen LogP contribution in [0.25, 0.3) is 0 Å². The lowest BCUT2D eigenvalue weighted by molar-refractivity contribution is 0.603. The Hall–Kier alpha value is -1.44. The summed E-state index contributed by atoms with van der Waals surface area (Å²) < 4.78 is 39.4. The standard InChI is InChI=1S/C11H11FN2O2S2/c12-9-2-1-3-10(5-9)14-18(15,16)11-4-8(6-13)7-17-11/h1-5,7,14H,6,13H2. The van der Waals surface area contributed by atoms with Crippen LogP contribution in [0, 0.1) is 5.82 Å². The largest absolute Gasteiger partial charge is 0.326 e. The summed E-state index contributed by atoms with van der Waals surface area (Å²) in [7, 11) is -3.67. The molecule has 3 N–H and O–H groups in total. The van der Waals surface area contributed by atoms with Crippen molar-refractivity contribution in [3.63, 3.8) is 0 Å². The van der Waals surface area contributed by atoms with Gasteiger partial charge in [-0.25, -0.2) is 12.8 Å². The number of hydrogen-bond acceptors (Lipinski definition) is 4. The van der Waals surface area contributed by atoms with Crippen molar-refractivity contribution in [2.45, 2.75) is 10.8 Å². The van der Waals surface area contributed by atoms with E-state index in [0.717, 1.165) is 23.0 Å². The molecule has 0 spiro atoms. The van der Waals surface area contributed by atoms with Gasteiger partial charge in [0.05, 0.1) is 5.69 Å². The summed E-state index contributed by atoms with van der Waals surface area (Å²) in [5.74, 6) is -0.496. The van der Waals surface area contributed by atoms with Crippen LogP contribution >= 0.6 is 11.3 Å². The molecule has 0 aliphatic rings. The summed E-state index contributed by atoms with van der Waals surface area (Å²) in [6.07, 6.45) is 0. The molecular weight excluding hydrogens is 275 g/mol. The summed E-state index contributed by atoms with van der Waals surface area (Å²) in [4.78, 5) is 0. The number of benzene rings is 1. The molecule has 4 nitrogen and oxygen atoms in total. The first-order valence-electron chi connectivity index (χ1n) is 5.07. The van der Waals surface area contributed by atoms with Crippen LogP contribution in [0.4, 0.5) is 10.1 Å². The van der Waals surface area contributed by atoms with E-state index in [-0.39, 0.29) is 16.4 Å². The quantitative estimate of drug-likeness (QED) is 0.904. The summed E-state index contributed by atoms with van der Waals surface area (Å²) in [6, 6.07) is 6.79. The molecule has 2 aromatic rings. The molecule has 0 unspecified atom stereocenters. The molecule has 1 heterocycles. The number of thiophene rings is 1. The third-order valence-electron chi connectivity index (χ3n) is 2.21. The number of nitrogens with one attached hydrogen (secondary N) is 1. The van der Waals surface area contributed by atoms with Gasteiger partial charge in [-0.2, -0.15) is 0 Å². The van der Waals surface area contributed by atoms with Crippen molar-refractivity contribution in [1.82, 2.24) is 0 Å². The molecule has 0 fully saturated rings. The Labute approximate surface area is 108 Å². The Bertz CT molecular complexity index is 653. The lowest BCUT2D eigenvalue weighted by Gasteiger charge is -2.05. The highest BCUT2D eigenvalue weighted by Gasteiger charge is 2.16. The second kappa shape index (κ2) is 5.05. The molecule has 1 aromatic heterocycles. The van der Waals surface area contributed by atoms with Crippen molar-refractivity contribution in [3.05, 3.63) is 47.1 Å². The molecule has 0 saturated carbocycles. The fourth-order valence-electron chi connectivity index (χ4n) is 1.36. The SMILES string of the molecule is NCc1csc(S(=O)(=O)Nc2cccc(F)c2)c1. The Morgan fingerprint density at radius 2 is 2.11 bits per heavy atom. The van der Waals surface area contributed by atoms with Gasteiger partial charge in [-0.15, -0.1) is 11.3 Å². The number of hydrogen-bond donors (Lipinski definition) is 2. The van der Waals surface area contributed by atoms with Gasteiger partial charge in [0, 0.05) is 6.54 Å². The lowest BCUT2D eigenvalue weighted by atomic mass is 10.3. The number of halogens is 1. The molecule has 0 aliphatic carbocycles. The Kier molecular flexibility index (Phi) is 3.65. The van der Waals surface area contributed by atoms with Gasteiger partial charge in [0.25, 0.3) is 10.0 Å². The van der Waals surface area contributed by atoms with E-state index in [1.165, 1.54) is 24.3 Å². The minimum atomic E-state index is -3.67. The molecule has 0 atom stereocenters. The Morgan fingerprint density at radius 3 is 2.72 bits per heavy atom. The first-order chi connectivity index (χ1) is 8.51. The topological polar surface area (TPSA) is 72.2 Å². The van der Waals surface area contributed by atoms with Crippen molar-refractivity contribution >= 4 is 27.0 Å². The maximum Gasteiger partial charge on any atom is 0.271 e. The van der Waals surface area contributed by atoms with Crippen LogP contribution in [0.15, 0.2) is 39.9 Å². The third-order valence-corrected chi connectivity index (χ3v) is 5.08. The molecule has 7 heteroatoms. The molecule has 96 valence electrons. The van der Waals surface area contributed by atoms with Gasteiger partial charge in [0.15, 0.2) is 0 Å². The molecule has 1 aromatic carbocycles. The first-order valence-corrected chi connectivity index (χ1v) is 7.43. The summed E-state index contributed by atoms with van der Waals surface area (Å²) in [5.41, 5.74) is 6.36. The predicted molar refractivity (Wildman–Crippen MR) is 69.4 cm³/mol. The van der Waals surface area contributed by atoms with Crippen LogP contribution in [0.2, 0.25) is 0 Å². The monoisotopic (exact) mass is 286 g/mol. The minimum Gasteiger partial charge on any atom is -0.326 e. The summed E-state index contributed by atoms with van der Waals surface area (Å²) >= 11 is 1.08. The van der Waals surface area contributed by atoms with Crippen LogP contribution < -0.4 is 10.5 Å². The van der Waals surface area contributed by atoms with E-state index >= 15 is 0 Å². The molecule has 0 bridgehead atoms. The maximum atomic E-state index is 13.0. The zero-order valence-electron chi connectivity index (χ0n) is 9.26. The van der Waals surface area contributed by atoms with Crippen molar-refractivity contribution in [1.29, 1.82) is 0 Å². The maximum absolute atomic E-state index is 13.0. The fraction of sp³-hybridized carbons (Fsp3) is 0.0909. The van der Waals surface area contributed by atoms with E-state index in [1.54, 1.807) is 5.38 Å². The van der Waals surface area contributed by atoms with Gasteiger partial charge >= 0.3 is 0 Å². The van der Waals surface area contributed by atoms with Gasteiger partial charge in [0.2, 0.25) is 0 Å². The smallest absolute Gasteiger partial charge is 0.271 e. The van der Waals surface area contributed by atoms with E-state index in [4.69, 9.17) is 5.73 Å². The van der Waals surface area contributed by atoms with Crippen LogP contribution in [-0.4, -0.2) is 8.42 Å². The molecular formula is C11H11FN2O2S2. The Morgan fingerprint density at radius 1 is 1.33 bits per heavy atom. The van der Waals surface area contributed by atoms with E-state index < -0.39 is 15.8 Å². The van der Waals surface area contributed by atoms with Crippen LogP contribution in [-0.2, 0) is 16.6 Å². The van der Waals surface area contributed by atoms with Crippen molar-refractivity contribution in [2.24, 2.45) is 5.73 Å². The second-order valence-electron chi connectivity index (χ2n) is 3.59. The first kappa shape index (κ1) is 13.0. The van der Waals surface area contributed by atoms with Crippen LogP contribution in [0.3, 0.4) is 0 Å². The molecule has 0 saturated heterocycles. The highest BCUT2D eigenvalue weighted by molar-refractivity contribution is 7.94. The van der Waals surface area contributed by atoms with Gasteiger partial charge in [-0.1, -0.05) is 6.07 Å².